The van der Waals surface area contributed by atoms with Gasteiger partial charge in [0.25, 0.3) is 0 Å². The van der Waals surface area contributed by atoms with Crippen LogP contribution >= 0.6 is 11.3 Å². The third-order valence-electron chi connectivity index (χ3n) is 8.60. The van der Waals surface area contributed by atoms with Crippen LogP contribution in [0.4, 0.5) is 0 Å². The number of H-pyrrole nitrogens is 1. The van der Waals surface area contributed by atoms with Crippen molar-refractivity contribution in [3.63, 3.8) is 0 Å². The highest BCUT2D eigenvalue weighted by molar-refractivity contribution is 7.24. The zero-order chi connectivity index (χ0) is 31.9. The van der Waals surface area contributed by atoms with Crippen molar-refractivity contribution in [2.45, 2.75) is 0 Å². The van der Waals surface area contributed by atoms with E-state index in [1.807, 2.05) is 67.5 Å². The van der Waals surface area contributed by atoms with Gasteiger partial charge in [-0.1, -0.05) is 30.3 Å². The molecular formula is C41H26N6S. The lowest BCUT2D eigenvalue weighted by atomic mass is 10.0. The van der Waals surface area contributed by atoms with E-state index < -0.39 is 0 Å². The number of aromatic amines is 1. The van der Waals surface area contributed by atoms with E-state index in [0.29, 0.717) is 0 Å². The maximum absolute atomic E-state index is 5.34. The molecule has 1 N–H and O–H groups in total. The molecule has 2 aliphatic heterocycles. The smallest absolute Gasteiger partial charge is 0.0737 e. The molecule has 0 fully saturated rings. The Balaban J connectivity index is 1.49. The third kappa shape index (κ3) is 4.94. The second-order valence-corrected chi connectivity index (χ2v) is 12.5. The molecule has 0 aliphatic carbocycles. The molecule has 0 radical (unpaired) electrons. The molecule has 0 saturated heterocycles. The van der Waals surface area contributed by atoms with Crippen LogP contribution < -0.4 is 0 Å². The molecule has 0 atom stereocenters. The zero-order valence-corrected chi connectivity index (χ0v) is 26.4. The average molecular weight is 635 g/mol. The van der Waals surface area contributed by atoms with Crippen molar-refractivity contribution in [2.24, 2.45) is 0 Å². The van der Waals surface area contributed by atoms with Crippen LogP contribution in [0.1, 0.15) is 22.8 Å². The van der Waals surface area contributed by atoms with Crippen molar-refractivity contribution in [2.75, 3.05) is 0 Å². The Morgan fingerprint density at radius 1 is 0.375 bits per heavy atom. The second-order valence-electron chi connectivity index (χ2n) is 11.5. The fraction of sp³-hybridized carbons (Fsp3) is 0. The topological polar surface area (TPSA) is 80.2 Å². The first-order valence-corrected chi connectivity index (χ1v) is 16.5. The minimum absolute atomic E-state index is 0.871. The minimum atomic E-state index is 0.871. The van der Waals surface area contributed by atoms with Crippen LogP contribution in [0.3, 0.4) is 0 Å². The molecule has 0 unspecified atom stereocenters. The quantitative estimate of drug-likeness (QED) is 0.208. The van der Waals surface area contributed by atoms with Gasteiger partial charge in [0.2, 0.25) is 0 Å². The van der Waals surface area contributed by atoms with Gasteiger partial charge >= 0.3 is 0 Å². The van der Waals surface area contributed by atoms with E-state index in [-0.39, 0.29) is 0 Å². The van der Waals surface area contributed by atoms with Gasteiger partial charge in [0.1, 0.15) is 0 Å². The zero-order valence-electron chi connectivity index (χ0n) is 25.6. The maximum Gasteiger partial charge on any atom is 0.0737 e. The molecule has 8 bridgehead atoms. The summed E-state index contributed by atoms with van der Waals surface area (Å²) in [4.78, 5) is 27.3. The number of nitrogens with one attached hydrogen (secondary N) is 1. The van der Waals surface area contributed by atoms with Crippen molar-refractivity contribution < 1.29 is 0 Å². The Labute approximate surface area is 280 Å². The second kappa shape index (κ2) is 11.8. The van der Waals surface area contributed by atoms with Gasteiger partial charge in [-0.25, -0.2) is 9.97 Å². The largest absolute Gasteiger partial charge is 0.354 e. The normalized spacial score (nSPS) is 12.0. The van der Waals surface area contributed by atoms with E-state index in [1.54, 1.807) is 11.3 Å². The summed E-state index contributed by atoms with van der Waals surface area (Å²) in [6, 6.07) is 31.4. The highest BCUT2D eigenvalue weighted by atomic mass is 32.1. The average Bonchev–Trinajstić information content (AvgIpc) is 3.98. The lowest BCUT2D eigenvalue weighted by molar-refractivity contribution is 1.30. The van der Waals surface area contributed by atoms with Gasteiger partial charge in [0.15, 0.2) is 0 Å². The molecular weight excluding hydrogens is 609 g/mol. The van der Waals surface area contributed by atoms with Gasteiger partial charge in [0, 0.05) is 79.9 Å². The van der Waals surface area contributed by atoms with Crippen molar-refractivity contribution in [3.05, 3.63) is 151 Å². The number of fused-ring (bicyclic) bond motifs is 8. The lowest BCUT2D eigenvalue weighted by Crippen LogP contribution is -1.88. The standard InChI is InChI=1S/C41H26N6S/c1-2-4-26(5-3-1)40-34-10-8-32(46-34)38(27-14-20-42-21-15-27)30-6-7-31(45-30)39(28-16-22-43-23-17-28)33-9-11-35(47-33)41(29-18-24-44-25-19-29)37-13-12-36(40)48-37/h1-25,45H. The molecule has 6 nitrogen and oxygen atoms in total. The van der Waals surface area contributed by atoms with Gasteiger partial charge < -0.3 is 4.98 Å². The maximum atomic E-state index is 5.34. The third-order valence-corrected chi connectivity index (χ3v) is 9.72. The van der Waals surface area contributed by atoms with Crippen LogP contribution in [0.15, 0.2) is 128 Å². The van der Waals surface area contributed by atoms with Crippen LogP contribution in [-0.4, -0.2) is 29.9 Å². The number of pyridine rings is 3. The number of hydrogen-bond donors (Lipinski definition) is 1. The molecule has 0 saturated carbocycles. The van der Waals surface area contributed by atoms with Crippen LogP contribution in [0.2, 0.25) is 0 Å². The number of aromatic nitrogens is 6. The van der Waals surface area contributed by atoms with Crippen LogP contribution in [0, 0.1) is 0 Å². The lowest BCUT2D eigenvalue weighted by Gasteiger charge is -2.06. The summed E-state index contributed by atoms with van der Waals surface area (Å²) >= 11 is 1.75. The number of benzene rings is 1. The van der Waals surface area contributed by atoms with E-state index in [4.69, 9.17) is 9.97 Å². The number of thiophene rings is 1. The van der Waals surface area contributed by atoms with E-state index in [1.165, 1.54) is 0 Å². The highest BCUT2D eigenvalue weighted by Crippen LogP contribution is 2.40. The van der Waals surface area contributed by atoms with Crippen LogP contribution in [-0.2, 0) is 0 Å². The molecule has 2 aliphatic rings. The minimum Gasteiger partial charge on any atom is -0.354 e. The number of rotatable bonds is 4. The molecule has 1 aromatic carbocycles. The predicted molar refractivity (Wildman–Crippen MR) is 198 cm³/mol. The van der Waals surface area contributed by atoms with Gasteiger partial charge in [-0.3, -0.25) is 15.0 Å². The fourth-order valence-electron chi connectivity index (χ4n) is 6.45. The Kier molecular flexibility index (Phi) is 6.87. The van der Waals surface area contributed by atoms with Crippen molar-refractivity contribution in [1.82, 2.24) is 29.9 Å². The van der Waals surface area contributed by atoms with Crippen LogP contribution in [0.5, 0.6) is 0 Å². The first-order valence-electron chi connectivity index (χ1n) is 15.6. The van der Waals surface area contributed by atoms with Gasteiger partial charge in [-0.15, -0.1) is 11.3 Å². The number of hydrogen-bond acceptors (Lipinski definition) is 6. The van der Waals surface area contributed by atoms with E-state index in [2.05, 4.69) is 105 Å². The molecule has 226 valence electrons. The van der Waals surface area contributed by atoms with E-state index in [0.717, 1.165) is 87.7 Å². The summed E-state index contributed by atoms with van der Waals surface area (Å²) in [6.45, 7) is 0. The molecule has 9 rings (SSSR count). The molecule has 7 aromatic rings. The first-order chi connectivity index (χ1) is 23.8. The van der Waals surface area contributed by atoms with Crippen molar-refractivity contribution in [1.29, 1.82) is 0 Å². The Bertz CT molecular complexity index is 2190. The Morgan fingerprint density at radius 2 is 0.750 bits per heavy atom. The molecule has 0 amide bonds. The van der Waals surface area contributed by atoms with Gasteiger partial charge in [0.05, 0.1) is 22.8 Å². The van der Waals surface area contributed by atoms with Crippen molar-refractivity contribution in [3.8, 4) is 44.5 Å². The predicted octanol–water partition coefficient (Wildman–Crippen LogP) is 10.2. The molecule has 0 spiro atoms. The molecule has 48 heavy (non-hydrogen) atoms. The summed E-state index contributed by atoms with van der Waals surface area (Å²) in [7, 11) is 0. The number of nitrogens with zero attached hydrogens (tertiary/aromatic N) is 5. The molecule has 8 heterocycles. The summed E-state index contributed by atoms with van der Waals surface area (Å²) < 4.78 is 2.24. The van der Waals surface area contributed by atoms with Crippen molar-refractivity contribution >= 4 is 56.1 Å². The summed E-state index contributed by atoms with van der Waals surface area (Å²) in [5, 5.41) is 0. The SMILES string of the molecule is C1=Cc2nc1c(-c1ccncc1)c1ccc([nH]1)c(-c1ccncc1)c1nc(c(-c3ccncc3)c3ccc(s3)c2-c2ccccc2)C=C1. The molecule has 6 aromatic heterocycles. The monoisotopic (exact) mass is 634 g/mol. The van der Waals surface area contributed by atoms with E-state index >= 15 is 0 Å². The Morgan fingerprint density at radius 3 is 1.19 bits per heavy atom. The van der Waals surface area contributed by atoms with E-state index in [9.17, 15) is 0 Å². The summed E-state index contributed by atoms with van der Waals surface area (Å²) in [5.74, 6) is 0. The fourth-order valence-corrected chi connectivity index (χ4v) is 7.61. The van der Waals surface area contributed by atoms with Gasteiger partial charge in [-0.05, 0) is 107 Å². The first kappa shape index (κ1) is 28.0. The van der Waals surface area contributed by atoms with Gasteiger partial charge in [-0.2, -0.15) is 0 Å². The summed E-state index contributed by atoms with van der Waals surface area (Å²) in [5.41, 5.74) is 13.8. The Hall–Kier alpha value is -6.31. The molecule has 7 heteroatoms. The van der Waals surface area contributed by atoms with Crippen LogP contribution in [0.25, 0.3) is 89.2 Å². The highest BCUT2D eigenvalue weighted by Gasteiger charge is 2.18. The summed E-state index contributed by atoms with van der Waals surface area (Å²) in [6.07, 6.45) is 19.4.